The first-order chi connectivity index (χ1) is 10.5. The summed E-state index contributed by atoms with van der Waals surface area (Å²) in [5, 5.41) is 7.06. The lowest BCUT2D eigenvalue weighted by atomic mass is 9.53. The van der Waals surface area contributed by atoms with Crippen LogP contribution in [0.5, 0.6) is 0 Å². The zero-order valence-corrected chi connectivity index (χ0v) is 13.6. The van der Waals surface area contributed by atoms with Crippen molar-refractivity contribution in [3.8, 4) is 0 Å². The molecule has 4 N–H and O–H groups in total. The molecule has 22 heavy (non-hydrogen) atoms. The highest BCUT2D eigenvalue weighted by molar-refractivity contribution is 5.74. The van der Waals surface area contributed by atoms with E-state index in [0.29, 0.717) is 11.7 Å². The second-order valence-corrected chi connectivity index (χ2v) is 8.11. The maximum Gasteiger partial charge on any atom is 0.155 e. The second-order valence-electron chi connectivity index (χ2n) is 8.11. The van der Waals surface area contributed by atoms with Crippen LogP contribution in [-0.4, -0.2) is 21.5 Å². The number of rotatable bonds is 4. The zero-order chi connectivity index (χ0) is 15.3. The molecule has 0 aliphatic heterocycles. The Kier molecular flexibility index (Phi) is 3.20. The molecule has 5 heteroatoms. The van der Waals surface area contributed by atoms with Crippen LogP contribution in [0.4, 0.5) is 17.3 Å². The third kappa shape index (κ3) is 2.40. The van der Waals surface area contributed by atoms with Crippen LogP contribution in [0.1, 0.15) is 52.4 Å². The zero-order valence-electron chi connectivity index (χ0n) is 13.6. The SMILES string of the molecule is CC(C)Nc1ncnc(NC23CC4CC(CC(C4)C2)C3)c1N. The molecule has 0 radical (unpaired) electrons. The predicted octanol–water partition coefficient (Wildman–Crippen LogP) is 3.26. The van der Waals surface area contributed by atoms with Gasteiger partial charge >= 0.3 is 0 Å². The van der Waals surface area contributed by atoms with Crippen LogP contribution in [0.2, 0.25) is 0 Å². The molecule has 0 saturated heterocycles. The largest absolute Gasteiger partial charge is 0.393 e. The van der Waals surface area contributed by atoms with E-state index in [2.05, 4.69) is 34.4 Å². The van der Waals surface area contributed by atoms with Gasteiger partial charge in [-0.25, -0.2) is 9.97 Å². The Labute approximate surface area is 132 Å². The van der Waals surface area contributed by atoms with Crippen LogP contribution in [0.25, 0.3) is 0 Å². The summed E-state index contributed by atoms with van der Waals surface area (Å²) in [4.78, 5) is 8.72. The molecular weight excluding hydrogens is 274 g/mol. The topological polar surface area (TPSA) is 75.9 Å². The number of nitrogen functional groups attached to an aromatic ring is 1. The summed E-state index contributed by atoms with van der Waals surface area (Å²) in [6, 6.07) is 0.310. The van der Waals surface area contributed by atoms with Crippen molar-refractivity contribution < 1.29 is 0 Å². The van der Waals surface area contributed by atoms with Crippen LogP contribution in [0.15, 0.2) is 6.33 Å². The number of anilines is 3. The minimum absolute atomic E-state index is 0.228. The van der Waals surface area contributed by atoms with Crippen LogP contribution in [0.3, 0.4) is 0 Å². The quantitative estimate of drug-likeness (QED) is 0.796. The lowest BCUT2D eigenvalue weighted by molar-refractivity contribution is 0.0106. The van der Waals surface area contributed by atoms with Crippen molar-refractivity contribution >= 4 is 17.3 Å². The molecule has 0 unspecified atom stereocenters. The van der Waals surface area contributed by atoms with Gasteiger partial charge in [0.15, 0.2) is 11.6 Å². The van der Waals surface area contributed by atoms with Crippen molar-refractivity contribution in [1.82, 2.24) is 9.97 Å². The Balaban J connectivity index is 1.58. The lowest BCUT2D eigenvalue weighted by Gasteiger charge is -2.57. The van der Waals surface area contributed by atoms with E-state index < -0.39 is 0 Å². The van der Waals surface area contributed by atoms with Crippen molar-refractivity contribution in [1.29, 1.82) is 0 Å². The molecule has 5 nitrogen and oxygen atoms in total. The third-order valence-electron chi connectivity index (χ3n) is 5.73. The molecule has 0 aromatic carbocycles. The highest BCUT2D eigenvalue weighted by Crippen LogP contribution is 2.56. The molecule has 0 amide bonds. The molecule has 120 valence electrons. The fourth-order valence-corrected chi connectivity index (χ4v) is 5.40. The molecule has 4 fully saturated rings. The number of hydrogen-bond donors (Lipinski definition) is 3. The number of nitrogens with one attached hydrogen (secondary N) is 2. The Hall–Kier alpha value is -1.52. The van der Waals surface area contributed by atoms with Crippen molar-refractivity contribution in [2.24, 2.45) is 17.8 Å². The monoisotopic (exact) mass is 301 g/mol. The Morgan fingerprint density at radius 1 is 1.05 bits per heavy atom. The highest BCUT2D eigenvalue weighted by Gasteiger charge is 2.51. The van der Waals surface area contributed by atoms with Gasteiger partial charge in [-0.05, 0) is 70.1 Å². The van der Waals surface area contributed by atoms with E-state index in [1.54, 1.807) is 6.33 Å². The van der Waals surface area contributed by atoms with Crippen LogP contribution in [-0.2, 0) is 0 Å². The summed E-state index contributed by atoms with van der Waals surface area (Å²) in [5.74, 6) is 4.30. The van der Waals surface area contributed by atoms with Gasteiger partial charge in [0.05, 0.1) is 0 Å². The molecule has 0 spiro atoms. The summed E-state index contributed by atoms with van der Waals surface area (Å²) >= 11 is 0. The van der Waals surface area contributed by atoms with Crippen LogP contribution < -0.4 is 16.4 Å². The summed E-state index contributed by atoms with van der Waals surface area (Å²) in [7, 11) is 0. The first kappa shape index (κ1) is 14.1. The van der Waals surface area contributed by atoms with E-state index in [9.17, 15) is 0 Å². The lowest BCUT2D eigenvalue weighted by Crippen LogP contribution is -2.55. The number of nitrogens with two attached hydrogens (primary N) is 1. The van der Waals surface area contributed by atoms with E-state index in [-0.39, 0.29) is 5.54 Å². The number of hydrogen-bond acceptors (Lipinski definition) is 5. The minimum atomic E-state index is 0.228. The summed E-state index contributed by atoms with van der Waals surface area (Å²) < 4.78 is 0. The summed E-state index contributed by atoms with van der Waals surface area (Å²) in [5.41, 5.74) is 7.20. The van der Waals surface area contributed by atoms with Crippen molar-refractivity contribution in [2.45, 2.75) is 64.0 Å². The van der Waals surface area contributed by atoms with Gasteiger partial charge in [0, 0.05) is 11.6 Å². The van der Waals surface area contributed by atoms with Crippen molar-refractivity contribution in [3.05, 3.63) is 6.33 Å². The first-order valence-corrected chi connectivity index (χ1v) is 8.68. The first-order valence-electron chi connectivity index (χ1n) is 8.68. The molecule has 0 atom stereocenters. The normalized spacial score (nSPS) is 35.9. The number of aromatic nitrogens is 2. The smallest absolute Gasteiger partial charge is 0.155 e. The Morgan fingerprint density at radius 2 is 1.59 bits per heavy atom. The highest BCUT2D eigenvalue weighted by atomic mass is 15.1. The third-order valence-corrected chi connectivity index (χ3v) is 5.73. The van der Waals surface area contributed by atoms with Gasteiger partial charge in [-0.1, -0.05) is 0 Å². The molecule has 5 rings (SSSR count). The van der Waals surface area contributed by atoms with E-state index in [1.165, 1.54) is 38.5 Å². The average Bonchev–Trinajstić information content (AvgIpc) is 2.41. The standard InChI is InChI=1S/C17H27N5/c1-10(2)21-15-14(18)16(20-9-19-15)22-17-6-11-3-12(7-17)5-13(4-11)8-17/h9-13H,3-8,18H2,1-2H3,(H2,19,20,21,22). The Morgan fingerprint density at radius 3 is 2.14 bits per heavy atom. The maximum absolute atomic E-state index is 6.31. The van der Waals surface area contributed by atoms with E-state index in [4.69, 9.17) is 5.73 Å². The van der Waals surface area contributed by atoms with Crippen LogP contribution >= 0.6 is 0 Å². The minimum Gasteiger partial charge on any atom is -0.393 e. The second kappa shape index (κ2) is 5.00. The fraction of sp³-hybridized carbons (Fsp3) is 0.765. The molecule has 1 aromatic rings. The van der Waals surface area contributed by atoms with Gasteiger partial charge in [-0.3, -0.25) is 0 Å². The molecule has 4 saturated carbocycles. The van der Waals surface area contributed by atoms with E-state index in [0.717, 1.165) is 29.4 Å². The van der Waals surface area contributed by atoms with Gasteiger partial charge in [0.2, 0.25) is 0 Å². The molecule has 4 bridgehead atoms. The Bertz CT molecular complexity index is 533. The summed E-state index contributed by atoms with van der Waals surface area (Å²) in [6.07, 6.45) is 9.81. The van der Waals surface area contributed by atoms with Crippen molar-refractivity contribution in [3.63, 3.8) is 0 Å². The summed E-state index contributed by atoms with van der Waals surface area (Å²) in [6.45, 7) is 4.18. The molecule has 1 heterocycles. The number of nitrogens with zero attached hydrogens (tertiary/aromatic N) is 2. The van der Waals surface area contributed by atoms with E-state index >= 15 is 0 Å². The van der Waals surface area contributed by atoms with Gasteiger partial charge in [0.25, 0.3) is 0 Å². The van der Waals surface area contributed by atoms with Gasteiger partial charge in [0.1, 0.15) is 12.0 Å². The maximum atomic E-state index is 6.31. The molecular formula is C17H27N5. The fourth-order valence-electron chi connectivity index (χ4n) is 5.40. The predicted molar refractivity (Wildman–Crippen MR) is 89.7 cm³/mol. The van der Waals surface area contributed by atoms with Gasteiger partial charge in [-0.2, -0.15) is 0 Å². The average molecular weight is 301 g/mol. The van der Waals surface area contributed by atoms with E-state index in [1.807, 2.05) is 0 Å². The van der Waals surface area contributed by atoms with Crippen LogP contribution in [0, 0.1) is 17.8 Å². The van der Waals surface area contributed by atoms with Gasteiger partial charge in [-0.15, -0.1) is 0 Å². The van der Waals surface area contributed by atoms with Gasteiger partial charge < -0.3 is 16.4 Å². The molecule has 4 aliphatic carbocycles. The molecule has 1 aromatic heterocycles. The molecule has 4 aliphatic rings. The van der Waals surface area contributed by atoms with Crippen molar-refractivity contribution in [2.75, 3.05) is 16.4 Å².